The van der Waals surface area contributed by atoms with Crippen molar-refractivity contribution in [2.24, 2.45) is 4.99 Å². The van der Waals surface area contributed by atoms with E-state index in [2.05, 4.69) is 4.99 Å². The van der Waals surface area contributed by atoms with Crippen molar-refractivity contribution in [2.75, 3.05) is 17.8 Å². The molecule has 28 heavy (non-hydrogen) atoms. The standard InChI is InChI=1S/C19H19ClN2O3S3/c1-26-10-9-22-16-8-7-15(20)11-17(16)27-19(22)21-18(23)13-28(24,25)12-14-5-3-2-4-6-14/h2-8,11H,9-10,12-13H2,1H3. The van der Waals surface area contributed by atoms with Crippen LogP contribution in [0.3, 0.4) is 0 Å². The first kappa shape index (κ1) is 21.1. The molecule has 148 valence electrons. The molecular formula is C19H19ClN2O3S3. The number of halogens is 1. The molecule has 3 rings (SSSR count). The Morgan fingerprint density at radius 1 is 1.21 bits per heavy atom. The maximum absolute atomic E-state index is 12.4. The van der Waals surface area contributed by atoms with Crippen LogP contribution in [0.2, 0.25) is 5.02 Å². The van der Waals surface area contributed by atoms with Crippen LogP contribution in [0.5, 0.6) is 0 Å². The van der Waals surface area contributed by atoms with E-state index in [0.29, 0.717) is 21.9 Å². The smallest absolute Gasteiger partial charge is 0.263 e. The SMILES string of the molecule is CSCCn1c(=NC(=O)CS(=O)(=O)Cc2ccccc2)sc2cc(Cl)ccc21. The van der Waals surface area contributed by atoms with Crippen molar-refractivity contribution in [3.8, 4) is 0 Å². The maximum Gasteiger partial charge on any atom is 0.263 e. The number of benzene rings is 2. The first-order valence-corrected chi connectivity index (χ1v) is 12.9. The van der Waals surface area contributed by atoms with Gasteiger partial charge in [-0.3, -0.25) is 4.79 Å². The van der Waals surface area contributed by atoms with E-state index in [0.717, 1.165) is 16.0 Å². The minimum atomic E-state index is -3.59. The van der Waals surface area contributed by atoms with Gasteiger partial charge in [0.05, 0.1) is 16.0 Å². The molecule has 0 aliphatic carbocycles. The molecule has 3 aromatic rings. The molecule has 2 aromatic carbocycles. The van der Waals surface area contributed by atoms with Crippen molar-refractivity contribution >= 4 is 60.7 Å². The molecule has 0 saturated heterocycles. The van der Waals surface area contributed by atoms with Gasteiger partial charge in [0.2, 0.25) is 0 Å². The van der Waals surface area contributed by atoms with Crippen molar-refractivity contribution in [3.63, 3.8) is 0 Å². The Labute approximate surface area is 177 Å². The lowest BCUT2D eigenvalue weighted by Crippen LogP contribution is -2.22. The number of amides is 1. The molecule has 1 amide bonds. The highest BCUT2D eigenvalue weighted by molar-refractivity contribution is 7.98. The Morgan fingerprint density at radius 2 is 1.96 bits per heavy atom. The van der Waals surface area contributed by atoms with E-state index in [1.165, 1.54) is 11.3 Å². The molecular weight excluding hydrogens is 436 g/mol. The fourth-order valence-corrected chi connectivity index (χ4v) is 5.70. The highest BCUT2D eigenvalue weighted by atomic mass is 35.5. The van der Waals surface area contributed by atoms with Crippen LogP contribution in [0.4, 0.5) is 0 Å². The normalized spacial score (nSPS) is 12.6. The third kappa shape index (κ3) is 5.47. The number of nitrogens with zero attached hydrogens (tertiary/aromatic N) is 2. The Morgan fingerprint density at radius 3 is 2.68 bits per heavy atom. The molecule has 1 heterocycles. The lowest BCUT2D eigenvalue weighted by atomic mass is 10.2. The molecule has 0 saturated carbocycles. The predicted molar refractivity (Wildman–Crippen MR) is 118 cm³/mol. The fraction of sp³-hybridized carbons (Fsp3) is 0.263. The zero-order valence-corrected chi connectivity index (χ0v) is 18.4. The number of aryl methyl sites for hydroxylation is 1. The molecule has 0 unspecified atom stereocenters. The molecule has 9 heteroatoms. The number of rotatable bonds is 7. The van der Waals surface area contributed by atoms with Crippen LogP contribution in [0.25, 0.3) is 10.2 Å². The molecule has 0 atom stereocenters. The number of thiazole rings is 1. The molecule has 0 bridgehead atoms. The number of carbonyl (C=O) groups is 1. The molecule has 0 aliphatic heterocycles. The Hall–Kier alpha value is -1.61. The minimum Gasteiger partial charge on any atom is -0.316 e. The Bertz CT molecular complexity index is 1150. The first-order chi connectivity index (χ1) is 13.4. The van der Waals surface area contributed by atoms with Crippen molar-refractivity contribution in [2.45, 2.75) is 12.3 Å². The van der Waals surface area contributed by atoms with Crippen molar-refractivity contribution in [1.29, 1.82) is 0 Å². The van der Waals surface area contributed by atoms with Gasteiger partial charge in [-0.05, 0) is 30.0 Å². The van der Waals surface area contributed by atoms with E-state index >= 15 is 0 Å². The number of sulfone groups is 1. The van der Waals surface area contributed by atoms with Gasteiger partial charge in [0.25, 0.3) is 5.91 Å². The quantitative estimate of drug-likeness (QED) is 0.545. The van der Waals surface area contributed by atoms with Crippen LogP contribution in [-0.2, 0) is 26.9 Å². The third-order valence-electron chi connectivity index (χ3n) is 3.96. The van der Waals surface area contributed by atoms with Gasteiger partial charge in [-0.2, -0.15) is 16.8 Å². The molecule has 0 aliphatic rings. The van der Waals surface area contributed by atoms with Gasteiger partial charge >= 0.3 is 0 Å². The molecule has 1 aromatic heterocycles. The van der Waals surface area contributed by atoms with E-state index in [1.807, 2.05) is 29.0 Å². The van der Waals surface area contributed by atoms with Gasteiger partial charge in [-0.15, -0.1) is 0 Å². The first-order valence-electron chi connectivity index (χ1n) is 8.48. The summed E-state index contributed by atoms with van der Waals surface area (Å²) in [6, 6.07) is 14.3. The van der Waals surface area contributed by atoms with Gasteiger partial charge in [-0.25, -0.2) is 8.42 Å². The summed E-state index contributed by atoms with van der Waals surface area (Å²) < 4.78 is 27.6. The molecule has 0 radical (unpaired) electrons. The van der Waals surface area contributed by atoms with Crippen molar-refractivity contribution in [1.82, 2.24) is 4.57 Å². The number of carbonyl (C=O) groups excluding carboxylic acids is 1. The summed E-state index contributed by atoms with van der Waals surface area (Å²) in [4.78, 5) is 17.0. The molecule has 0 spiro atoms. The summed E-state index contributed by atoms with van der Waals surface area (Å²) in [7, 11) is -3.59. The second kappa shape index (κ2) is 9.26. The second-order valence-electron chi connectivity index (χ2n) is 6.16. The number of aromatic nitrogens is 1. The highest BCUT2D eigenvalue weighted by Gasteiger charge is 2.18. The van der Waals surface area contributed by atoms with E-state index in [1.54, 1.807) is 42.1 Å². The Balaban J connectivity index is 1.89. The summed E-state index contributed by atoms with van der Waals surface area (Å²) in [5.74, 6) is -0.600. The average Bonchev–Trinajstić information content (AvgIpc) is 2.95. The lowest BCUT2D eigenvalue weighted by molar-refractivity contribution is -0.115. The lowest BCUT2D eigenvalue weighted by Gasteiger charge is -2.04. The summed E-state index contributed by atoms with van der Waals surface area (Å²) in [6.45, 7) is 0.672. The zero-order chi connectivity index (χ0) is 20.1. The van der Waals surface area contributed by atoms with Crippen LogP contribution in [0.1, 0.15) is 5.56 Å². The summed E-state index contributed by atoms with van der Waals surface area (Å²) >= 11 is 9.09. The fourth-order valence-electron chi connectivity index (χ4n) is 2.74. The maximum atomic E-state index is 12.4. The number of hydrogen-bond acceptors (Lipinski definition) is 5. The van der Waals surface area contributed by atoms with E-state index in [4.69, 9.17) is 11.6 Å². The summed E-state index contributed by atoms with van der Waals surface area (Å²) in [6.07, 6.45) is 2.00. The summed E-state index contributed by atoms with van der Waals surface area (Å²) in [5, 5.41) is 0.606. The Kier molecular flexibility index (Phi) is 6.98. The van der Waals surface area contributed by atoms with Crippen LogP contribution in [0, 0.1) is 0 Å². The zero-order valence-electron chi connectivity index (χ0n) is 15.2. The van der Waals surface area contributed by atoms with Gasteiger partial charge in [0.1, 0.15) is 5.75 Å². The average molecular weight is 455 g/mol. The van der Waals surface area contributed by atoms with Crippen molar-refractivity contribution in [3.05, 3.63) is 63.9 Å². The largest absolute Gasteiger partial charge is 0.316 e. The van der Waals surface area contributed by atoms with Crippen LogP contribution in [-0.4, -0.2) is 36.7 Å². The monoisotopic (exact) mass is 454 g/mol. The van der Waals surface area contributed by atoms with Crippen LogP contribution >= 0.6 is 34.7 Å². The number of thioether (sulfide) groups is 1. The molecule has 0 N–H and O–H groups in total. The number of fused-ring (bicyclic) bond motifs is 1. The van der Waals surface area contributed by atoms with Crippen molar-refractivity contribution < 1.29 is 13.2 Å². The molecule has 0 fully saturated rings. The van der Waals surface area contributed by atoms with Gasteiger partial charge in [-0.1, -0.05) is 53.3 Å². The van der Waals surface area contributed by atoms with Gasteiger partial charge < -0.3 is 4.57 Å². The van der Waals surface area contributed by atoms with Crippen LogP contribution in [0.15, 0.2) is 53.5 Å². The second-order valence-corrected chi connectivity index (χ2v) is 10.7. The topological polar surface area (TPSA) is 68.5 Å². The van der Waals surface area contributed by atoms with Gasteiger partial charge in [0, 0.05) is 17.3 Å². The van der Waals surface area contributed by atoms with E-state index in [-0.39, 0.29) is 5.75 Å². The van der Waals surface area contributed by atoms with E-state index < -0.39 is 21.5 Å². The number of hydrogen-bond donors (Lipinski definition) is 0. The van der Waals surface area contributed by atoms with E-state index in [9.17, 15) is 13.2 Å². The third-order valence-corrected chi connectivity index (χ3v) is 7.28. The van der Waals surface area contributed by atoms with Crippen LogP contribution < -0.4 is 4.80 Å². The molecule has 5 nitrogen and oxygen atoms in total. The minimum absolute atomic E-state index is 0.177. The highest BCUT2D eigenvalue weighted by Crippen LogP contribution is 2.22. The van der Waals surface area contributed by atoms with Gasteiger partial charge in [0.15, 0.2) is 14.6 Å². The summed E-state index contributed by atoms with van der Waals surface area (Å²) in [5.41, 5.74) is 1.59. The predicted octanol–water partition coefficient (Wildman–Crippen LogP) is 3.76.